The summed E-state index contributed by atoms with van der Waals surface area (Å²) in [5.74, 6) is -3.76. The van der Waals surface area contributed by atoms with E-state index in [9.17, 15) is 18.4 Å². The van der Waals surface area contributed by atoms with E-state index in [1.807, 2.05) is 0 Å². The summed E-state index contributed by atoms with van der Waals surface area (Å²) in [5, 5.41) is 0. The van der Waals surface area contributed by atoms with Crippen LogP contribution in [0.1, 0.15) is 20.7 Å². The maximum Gasteiger partial charge on any atom is 0.266 e. The number of benzene rings is 2. The molecule has 2 N–H and O–H groups in total. The van der Waals surface area contributed by atoms with Crippen LogP contribution in [0.3, 0.4) is 0 Å². The van der Waals surface area contributed by atoms with E-state index in [0.29, 0.717) is 10.2 Å². The molecule has 0 saturated carbocycles. The number of hydrogen-bond acceptors (Lipinski definition) is 3. The van der Waals surface area contributed by atoms with E-state index in [4.69, 9.17) is 5.73 Å². The third-order valence-corrected chi connectivity index (χ3v) is 3.78. The van der Waals surface area contributed by atoms with Crippen LogP contribution < -0.4 is 10.6 Å². The molecule has 1 aliphatic rings. The molecule has 106 valence electrons. The Morgan fingerprint density at radius 3 is 1.95 bits per heavy atom. The highest BCUT2D eigenvalue weighted by atomic mass is 79.9. The second-order valence-electron chi connectivity index (χ2n) is 4.47. The fourth-order valence-corrected chi connectivity index (χ4v) is 2.73. The SMILES string of the molecule is Nc1ccc(N2C(=O)c3cc(F)c(F)cc3C2=O)c(Br)c1. The number of amides is 2. The van der Waals surface area contributed by atoms with E-state index in [-0.39, 0.29) is 16.8 Å². The summed E-state index contributed by atoms with van der Waals surface area (Å²) in [7, 11) is 0. The minimum absolute atomic E-state index is 0.164. The number of fused-ring (bicyclic) bond motifs is 1. The summed E-state index contributed by atoms with van der Waals surface area (Å²) < 4.78 is 26.9. The molecule has 1 heterocycles. The van der Waals surface area contributed by atoms with Crippen LogP contribution >= 0.6 is 15.9 Å². The number of nitrogens with zero attached hydrogens (tertiary/aromatic N) is 1. The Labute approximate surface area is 126 Å². The van der Waals surface area contributed by atoms with Crippen LogP contribution in [0.25, 0.3) is 0 Å². The van der Waals surface area contributed by atoms with Crippen molar-refractivity contribution in [3.05, 3.63) is 57.6 Å². The molecule has 0 unspecified atom stereocenters. The van der Waals surface area contributed by atoms with E-state index < -0.39 is 23.4 Å². The van der Waals surface area contributed by atoms with Crippen molar-refractivity contribution in [3.63, 3.8) is 0 Å². The van der Waals surface area contributed by atoms with Gasteiger partial charge in [-0.15, -0.1) is 0 Å². The smallest absolute Gasteiger partial charge is 0.266 e. The van der Waals surface area contributed by atoms with E-state index in [0.717, 1.165) is 17.0 Å². The number of rotatable bonds is 1. The van der Waals surface area contributed by atoms with Crippen molar-refractivity contribution in [1.29, 1.82) is 0 Å². The minimum Gasteiger partial charge on any atom is -0.399 e. The molecule has 0 atom stereocenters. The molecule has 0 bridgehead atoms. The zero-order valence-corrected chi connectivity index (χ0v) is 11.9. The lowest BCUT2D eigenvalue weighted by Gasteiger charge is -2.15. The van der Waals surface area contributed by atoms with Gasteiger partial charge in [-0.2, -0.15) is 0 Å². The number of carbonyl (C=O) groups is 2. The van der Waals surface area contributed by atoms with Gasteiger partial charge in [-0.05, 0) is 46.3 Å². The molecular weight excluding hydrogens is 346 g/mol. The molecule has 0 spiro atoms. The third kappa shape index (κ3) is 2.01. The molecule has 0 fully saturated rings. The van der Waals surface area contributed by atoms with Gasteiger partial charge in [0.2, 0.25) is 0 Å². The van der Waals surface area contributed by atoms with Gasteiger partial charge in [0.05, 0.1) is 16.8 Å². The van der Waals surface area contributed by atoms with Gasteiger partial charge in [-0.3, -0.25) is 9.59 Å². The highest BCUT2D eigenvalue weighted by Crippen LogP contribution is 2.35. The Morgan fingerprint density at radius 2 is 1.48 bits per heavy atom. The summed E-state index contributed by atoms with van der Waals surface area (Å²) >= 11 is 3.21. The number of halogens is 3. The van der Waals surface area contributed by atoms with Gasteiger partial charge in [0.1, 0.15) is 0 Å². The van der Waals surface area contributed by atoms with Crippen molar-refractivity contribution >= 4 is 39.1 Å². The molecule has 0 aliphatic carbocycles. The zero-order valence-electron chi connectivity index (χ0n) is 10.4. The molecule has 1 aliphatic heterocycles. The number of carbonyl (C=O) groups excluding carboxylic acids is 2. The molecule has 7 heteroatoms. The molecular formula is C14H7BrF2N2O2. The fraction of sp³-hybridized carbons (Fsp3) is 0. The van der Waals surface area contributed by atoms with Crippen LogP contribution in [-0.4, -0.2) is 11.8 Å². The van der Waals surface area contributed by atoms with Crippen molar-refractivity contribution in [2.75, 3.05) is 10.6 Å². The quantitative estimate of drug-likeness (QED) is 0.633. The number of imide groups is 1. The second kappa shape index (κ2) is 4.63. The van der Waals surface area contributed by atoms with Gasteiger partial charge in [0.25, 0.3) is 11.8 Å². The number of hydrogen-bond donors (Lipinski definition) is 1. The summed E-state index contributed by atoms with van der Waals surface area (Å²) in [6.45, 7) is 0. The molecule has 2 aromatic carbocycles. The van der Waals surface area contributed by atoms with Gasteiger partial charge in [-0.1, -0.05) is 0 Å². The predicted molar refractivity (Wildman–Crippen MR) is 76.1 cm³/mol. The number of nitrogens with two attached hydrogens (primary N) is 1. The Bertz CT molecular complexity index is 767. The zero-order chi connectivity index (χ0) is 15.3. The Kier molecular flexibility index (Phi) is 3.02. The monoisotopic (exact) mass is 352 g/mol. The van der Waals surface area contributed by atoms with Crippen molar-refractivity contribution in [2.45, 2.75) is 0 Å². The predicted octanol–water partition coefficient (Wildman–Crippen LogP) is 3.11. The van der Waals surface area contributed by atoms with Crippen molar-refractivity contribution in [3.8, 4) is 0 Å². The van der Waals surface area contributed by atoms with Crippen LogP contribution in [0.5, 0.6) is 0 Å². The van der Waals surface area contributed by atoms with E-state index in [1.165, 1.54) is 18.2 Å². The molecule has 21 heavy (non-hydrogen) atoms. The summed E-state index contributed by atoms with van der Waals surface area (Å²) in [6, 6.07) is 5.99. The van der Waals surface area contributed by atoms with Crippen LogP contribution in [0.15, 0.2) is 34.8 Å². The van der Waals surface area contributed by atoms with Crippen molar-refractivity contribution in [2.24, 2.45) is 0 Å². The molecule has 0 radical (unpaired) electrons. The highest BCUT2D eigenvalue weighted by Gasteiger charge is 2.38. The summed E-state index contributed by atoms with van der Waals surface area (Å²) in [4.78, 5) is 25.4. The Balaban J connectivity index is 2.16. The van der Waals surface area contributed by atoms with Crippen LogP contribution in [0.4, 0.5) is 20.2 Å². The lowest BCUT2D eigenvalue weighted by molar-refractivity contribution is 0.0926. The van der Waals surface area contributed by atoms with Gasteiger partial charge >= 0.3 is 0 Å². The largest absolute Gasteiger partial charge is 0.399 e. The molecule has 4 nitrogen and oxygen atoms in total. The maximum atomic E-state index is 13.3. The van der Waals surface area contributed by atoms with E-state index in [1.54, 1.807) is 0 Å². The summed E-state index contributed by atoms with van der Waals surface area (Å²) in [6.07, 6.45) is 0. The molecule has 0 aromatic heterocycles. The van der Waals surface area contributed by atoms with Gasteiger partial charge in [0.15, 0.2) is 11.6 Å². The highest BCUT2D eigenvalue weighted by molar-refractivity contribution is 9.10. The van der Waals surface area contributed by atoms with Gasteiger partial charge in [0, 0.05) is 10.2 Å². The lowest BCUT2D eigenvalue weighted by Crippen LogP contribution is -2.29. The van der Waals surface area contributed by atoms with Crippen molar-refractivity contribution in [1.82, 2.24) is 0 Å². The molecule has 2 aromatic rings. The first-order valence-electron chi connectivity index (χ1n) is 5.83. The second-order valence-corrected chi connectivity index (χ2v) is 5.32. The van der Waals surface area contributed by atoms with Crippen LogP contribution in [0, 0.1) is 11.6 Å². The number of nitrogen functional groups attached to an aromatic ring is 1. The Hall–Kier alpha value is -2.28. The third-order valence-electron chi connectivity index (χ3n) is 3.14. The normalized spacial score (nSPS) is 13.8. The van der Waals surface area contributed by atoms with Crippen molar-refractivity contribution < 1.29 is 18.4 Å². The van der Waals surface area contributed by atoms with Crippen LogP contribution in [0.2, 0.25) is 0 Å². The lowest BCUT2D eigenvalue weighted by atomic mass is 10.1. The molecule has 0 saturated heterocycles. The molecule has 2 amide bonds. The van der Waals surface area contributed by atoms with Gasteiger partial charge < -0.3 is 5.73 Å². The van der Waals surface area contributed by atoms with E-state index in [2.05, 4.69) is 15.9 Å². The average Bonchev–Trinajstić information content (AvgIpc) is 2.64. The standard InChI is InChI=1S/C14H7BrF2N2O2/c15-9-3-6(18)1-2-12(9)19-13(20)7-4-10(16)11(17)5-8(7)14(19)21/h1-5H,18H2. The fourth-order valence-electron chi connectivity index (χ4n) is 2.16. The molecule has 3 rings (SSSR count). The minimum atomic E-state index is -1.17. The maximum absolute atomic E-state index is 13.3. The topological polar surface area (TPSA) is 63.4 Å². The first kappa shape index (κ1) is 13.7. The average molecular weight is 353 g/mol. The van der Waals surface area contributed by atoms with Gasteiger partial charge in [-0.25, -0.2) is 13.7 Å². The Morgan fingerprint density at radius 1 is 0.952 bits per heavy atom. The van der Waals surface area contributed by atoms with E-state index >= 15 is 0 Å². The first-order chi connectivity index (χ1) is 9.90. The van der Waals surface area contributed by atoms with Crippen LogP contribution in [-0.2, 0) is 0 Å². The summed E-state index contributed by atoms with van der Waals surface area (Å²) in [5.41, 5.74) is 5.98. The number of anilines is 2. The first-order valence-corrected chi connectivity index (χ1v) is 6.62.